The van der Waals surface area contributed by atoms with E-state index in [4.69, 9.17) is 13.6 Å². The summed E-state index contributed by atoms with van der Waals surface area (Å²) in [6.45, 7) is 3.66. The molecule has 0 saturated heterocycles. The summed E-state index contributed by atoms with van der Waals surface area (Å²) in [6, 6.07) is 0. The average Bonchev–Trinajstić information content (AvgIpc) is 3.68. The van der Waals surface area contributed by atoms with Crippen molar-refractivity contribution in [1.29, 1.82) is 0 Å². The normalized spacial score (nSPS) is 14.4. The van der Waals surface area contributed by atoms with Gasteiger partial charge in [0.1, 0.15) is 29.9 Å². The van der Waals surface area contributed by atoms with E-state index in [1.165, 1.54) is 116 Å². The molecule has 0 fully saturated rings. The Hall–Kier alpha value is -2.23. The van der Waals surface area contributed by atoms with Gasteiger partial charge in [-0.25, -0.2) is 9.97 Å². The van der Waals surface area contributed by atoms with Crippen molar-refractivity contribution in [2.45, 2.75) is 173 Å². The molecule has 3 N–H and O–H groups in total. The number of nitrogens with zero attached hydrogens (tertiary/aromatic N) is 2. The standard InChI is InChI=1S/C34H58N2O7/c1-3-4-5-6-7-8-9-10-11-12-13-14-15-16-17-18-19-20-21-33(39)43-31(23-30(38)34(40)27(2)37)29-25-41-32(36-29)22-28-24-35-26-42-28/h24-27,30-31,34,37-38,40H,3-23H2,1-2H3/t27-,30+,31-,34-/m0/s1. The van der Waals surface area contributed by atoms with Gasteiger partial charge in [-0.05, 0) is 13.3 Å². The fraction of sp³-hybridized carbons (Fsp3) is 0.794. The van der Waals surface area contributed by atoms with Gasteiger partial charge in [0.15, 0.2) is 6.39 Å². The molecule has 0 aliphatic heterocycles. The Morgan fingerprint density at radius 2 is 1.35 bits per heavy atom. The topological polar surface area (TPSA) is 139 Å². The molecule has 9 nitrogen and oxygen atoms in total. The maximum absolute atomic E-state index is 12.6. The third-order valence-corrected chi connectivity index (χ3v) is 8.06. The summed E-state index contributed by atoms with van der Waals surface area (Å²) in [7, 11) is 0. The molecule has 0 bridgehead atoms. The minimum Gasteiger partial charge on any atom is -0.456 e. The molecule has 2 rings (SSSR count). The summed E-state index contributed by atoms with van der Waals surface area (Å²) in [5, 5.41) is 30.1. The maximum atomic E-state index is 12.6. The smallest absolute Gasteiger partial charge is 0.306 e. The van der Waals surface area contributed by atoms with Crippen molar-refractivity contribution in [3.8, 4) is 0 Å². The number of hydrogen-bond acceptors (Lipinski definition) is 9. The first-order chi connectivity index (χ1) is 20.9. The fourth-order valence-electron chi connectivity index (χ4n) is 5.33. The van der Waals surface area contributed by atoms with Gasteiger partial charge in [0, 0.05) is 12.8 Å². The highest BCUT2D eigenvalue weighted by molar-refractivity contribution is 5.69. The number of hydrogen-bond donors (Lipinski definition) is 3. The van der Waals surface area contributed by atoms with Gasteiger partial charge in [0.2, 0.25) is 5.89 Å². The Labute approximate surface area is 258 Å². The van der Waals surface area contributed by atoms with E-state index in [0.29, 0.717) is 17.3 Å². The van der Waals surface area contributed by atoms with Gasteiger partial charge in [0.05, 0.1) is 24.8 Å². The van der Waals surface area contributed by atoms with Gasteiger partial charge < -0.3 is 28.9 Å². The van der Waals surface area contributed by atoms with Crippen LogP contribution in [0.5, 0.6) is 0 Å². The molecule has 0 aliphatic carbocycles. The Balaban J connectivity index is 1.57. The number of ether oxygens (including phenoxy) is 1. The minimum atomic E-state index is -1.38. The van der Waals surface area contributed by atoms with Crippen LogP contribution >= 0.6 is 0 Å². The van der Waals surface area contributed by atoms with Gasteiger partial charge in [-0.1, -0.05) is 116 Å². The molecule has 9 heteroatoms. The van der Waals surface area contributed by atoms with Crippen molar-refractivity contribution in [3.05, 3.63) is 36.2 Å². The number of aliphatic hydroxyl groups is 3. The van der Waals surface area contributed by atoms with E-state index in [0.717, 1.165) is 19.3 Å². The van der Waals surface area contributed by atoms with Crippen LogP contribution in [0.3, 0.4) is 0 Å². The van der Waals surface area contributed by atoms with Gasteiger partial charge in [0.25, 0.3) is 0 Å². The van der Waals surface area contributed by atoms with Crippen LogP contribution in [-0.2, 0) is 16.0 Å². The van der Waals surface area contributed by atoms with E-state index in [2.05, 4.69) is 16.9 Å². The summed E-state index contributed by atoms with van der Waals surface area (Å²) in [5.74, 6) is 0.530. The third kappa shape index (κ3) is 17.0. The average molecular weight is 607 g/mol. The second kappa shape index (κ2) is 23.2. The Morgan fingerprint density at radius 3 is 1.84 bits per heavy atom. The first-order valence-corrected chi connectivity index (χ1v) is 17.0. The van der Waals surface area contributed by atoms with E-state index >= 15 is 0 Å². The van der Waals surface area contributed by atoms with Crippen LogP contribution < -0.4 is 0 Å². The second-order valence-corrected chi connectivity index (χ2v) is 12.1. The molecule has 0 aromatic carbocycles. The first kappa shape index (κ1) is 37.0. The van der Waals surface area contributed by atoms with Crippen molar-refractivity contribution in [3.63, 3.8) is 0 Å². The summed E-state index contributed by atoms with van der Waals surface area (Å²) in [4.78, 5) is 20.9. The Bertz CT molecular complexity index is 931. The predicted octanol–water partition coefficient (Wildman–Crippen LogP) is 7.76. The zero-order valence-electron chi connectivity index (χ0n) is 26.8. The minimum absolute atomic E-state index is 0.120. The number of carbonyl (C=O) groups excluding carboxylic acids is 1. The molecule has 4 atom stereocenters. The highest BCUT2D eigenvalue weighted by atomic mass is 16.5. The molecule has 0 aliphatic rings. The quantitative estimate of drug-likeness (QED) is 0.0687. The maximum Gasteiger partial charge on any atom is 0.306 e. The van der Waals surface area contributed by atoms with E-state index in [-0.39, 0.29) is 25.2 Å². The predicted molar refractivity (Wildman–Crippen MR) is 166 cm³/mol. The molecule has 246 valence electrons. The Kier molecular flexibility index (Phi) is 19.9. The molecule has 0 unspecified atom stereocenters. The molecule has 0 saturated carbocycles. The lowest BCUT2D eigenvalue weighted by Crippen LogP contribution is -2.37. The van der Waals surface area contributed by atoms with E-state index in [1.807, 2.05) is 0 Å². The molecule has 2 aromatic rings. The molecule has 43 heavy (non-hydrogen) atoms. The monoisotopic (exact) mass is 606 g/mol. The van der Waals surface area contributed by atoms with Gasteiger partial charge in [-0.3, -0.25) is 4.79 Å². The third-order valence-electron chi connectivity index (χ3n) is 8.06. The fourth-order valence-corrected chi connectivity index (χ4v) is 5.33. The zero-order valence-corrected chi connectivity index (χ0v) is 26.8. The summed E-state index contributed by atoms with van der Waals surface area (Å²) < 4.78 is 16.4. The van der Waals surface area contributed by atoms with E-state index < -0.39 is 24.4 Å². The summed E-state index contributed by atoms with van der Waals surface area (Å²) >= 11 is 0. The Morgan fingerprint density at radius 1 is 0.814 bits per heavy atom. The van der Waals surface area contributed by atoms with Crippen molar-refractivity contribution in [2.24, 2.45) is 0 Å². The van der Waals surface area contributed by atoms with Crippen LogP contribution in [0.4, 0.5) is 0 Å². The zero-order chi connectivity index (χ0) is 31.1. The van der Waals surface area contributed by atoms with Gasteiger partial charge in [-0.15, -0.1) is 0 Å². The van der Waals surface area contributed by atoms with Gasteiger partial charge >= 0.3 is 5.97 Å². The van der Waals surface area contributed by atoms with E-state index in [1.54, 1.807) is 6.20 Å². The molecular weight excluding hydrogens is 548 g/mol. The number of oxazole rings is 2. The molecule has 0 spiro atoms. The number of rotatable bonds is 27. The number of aromatic nitrogens is 2. The lowest BCUT2D eigenvalue weighted by Gasteiger charge is -2.24. The van der Waals surface area contributed by atoms with Crippen LogP contribution in [0.15, 0.2) is 27.7 Å². The first-order valence-electron chi connectivity index (χ1n) is 17.0. The van der Waals surface area contributed by atoms with Crippen LogP contribution in [0.1, 0.15) is 166 Å². The molecule has 2 aromatic heterocycles. The number of unbranched alkanes of at least 4 members (excludes halogenated alkanes) is 17. The van der Waals surface area contributed by atoms with Crippen molar-refractivity contribution in [2.75, 3.05) is 0 Å². The van der Waals surface area contributed by atoms with Crippen LogP contribution in [0, 0.1) is 0 Å². The largest absolute Gasteiger partial charge is 0.456 e. The van der Waals surface area contributed by atoms with Crippen LogP contribution in [0.25, 0.3) is 0 Å². The summed E-state index contributed by atoms with van der Waals surface area (Å²) in [6.07, 6.45) is 23.0. The lowest BCUT2D eigenvalue weighted by molar-refractivity contribution is -0.153. The van der Waals surface area contributed by atoms with Gasteiger partial charge in [-0.2, -0.15) is 0 Å². The molecular formula is C34H58N2O7. The molecule has 0 radical (unpaired) electrons. The van der Waals surface area contributed by atoms with Crippen LogP contribution in [0.2, 0.25) is 0 Å². The SMILES string of the molecule is CCCCCCCCCCCCCCCCCCCCC(=O)O[C@@H](C[C@@H](O)[C@@H](O)[C@H](C)O)c1coc(Cc2cnco2)n1. The number of carbonyl (C=O) groups is 1. The highest BCUT2D eigenvalue weighted by Gasteiger charge is 2.29. The van der Waals surface area contributed by atoms with Crippen molar-refractivity contribution >= 4 is 5.97 Å². The van der Waals surface area contributed by atoms with Crippen molar-refractivity contribution in [1.82, 2.24) is 9.97 Å². The number of aliphatic hydroxyl groups excluding tert-OH is 3. The number of esters is 1. The molecule has 2 heterocycles. The van der Waals surface area contributed by atoms with E-state index in [9.17, 15) is 20.1 Å². The lowest BCUT2D eigenvalue weighted by atomic mass is 10.0. The highest BCUT2D eigenvalue weighted by Crippen LogP contribution is 2.26. The second-order valence-electron chi connectivity index (χ2n) is 12.1. The van der Waals surface area contributed by atoms with Crippen molar-refractivity contribution < 1.29 is 33.7 Å². The summed E-state index contributed by atoms with van der Waals surface area (Å²) in [5.41, 5.74) is 0.331. The molecule has 0 amide bonds. The van der Waals surface area contributed by atoms with Crippen LogP contribution in [-0.4, -0.2) is 49.6 Å².